The van der Waals surface area contributed by atoms with Crippen molar-refractivity contribution in [3.63, 3.8) is 0 Å². The number of nitrogens with zero attached hydrogens (tertiary/aromatic N) is 4. The zero-order valence-corrected chi connectivity index (χ0v) is 15.2. The fourth-order valence-corrected chi connectivity index (χ4v) is 4.52. The second-order valence-electron chi connectivity index (χ2n) is 6.24. The summed E-state index contributed by atoms with van der Waals surface area (Å²) >= 11 is 0. The highest BCUT2D eigenvalue weighted by atomic mass is 32.2. The number of anilines is 1. The number of piperazine rings is 1. The zero-order valence-electron chi connectivity index (χ0n) is 14.4. The van der Waals surface area contributed by atoms with Gasteiger partial charge in [0.05, 0.1) is 10.4 Å². The highest BCUT2D eigenvalue weighted by Crippen LogP contribution is 2.23. The molecule has 10 heteroatoms. The van der Waals surface area contributed by atoms with Crippen molar-refractivity contribution in [3.8, 4) is 0 Å². The van der Waals surface area contributed by atoms with Crippen LogP contribution in [0.1, 0.15) is 5.76 Å². The SMILES string of the molecule is Cc1cc(N2CCN(S(=O)(=O)c3ccc4c(c3)oc(=O)n4C)CC2)no1. The Bertz CT molecular complexity index is 1120. The molecule has 4 rings (SSSR count). The van der Waals surface area contributed by atoms with Crippen LogP contribution in [0.15, 0.2) is 42.9 Å². The van der Waals surface area contributed by atoms with E-state index in [-0.39, 0.29) is 10.5 Å². The molecule has 1 aliphatic heterocycles. The molecule has 0 unspecified atom stereocenters. The Labute approximate surface area is 149 Å². The number of hydrogen-bond donors (Lipinski definition) is 0. The Morgan fingerprint density at radius 1 is 1.12 bits per heavy atom. The molecule has 1 fully saturated rings. The second-order valence-corrected chi connectivity index (χ2v) is 8.18. The van der Waals surface area contributed by atoms with Crippen LogP contribution < -0.4 is 10.7 Å². The van der Waals surface area contributed by atoms with E-state index in [1.54, 1.807) is 13.1 Å². The Balaban J connectivity index is 1.56. The van der Waals surface area contributed by atoms with Crippen LogP contribution in [0.4, 0.5) is 5.82 Å². The van der Waals surface area contributed by atoms with Crippen LogP contribution in [-0.2, 0) is 17.1 Å². The monoisotopic (exact) mass is 378 g/mol. The summed E-state index contributed by atoms with van der Waals surface area (Å²) in [5.41, 5.74) is 0.815. The van der Waals surface area contributed by atoms with Gasteiger partial charge in [-0.1, -0.05) is 5.16 Å². The van der Waals surface area contributed by atoms with Gasteiger partial charge in [-0.15, -0.1) is 0 Å². The number of rotatable bonds is 3. The summed E-state index contributed by atoms with van der Waals surface area (Å²) in [6, 6.07) is 6.32. The summed E-state index contributed by atoms with van der Waals surface area (Å²) in [6.07, 6.45) is 0. The molecule has 138 valence electrons. The lowest BCUT2D eigenvalue weighted by Gasteiger charge is -2.33. The first-order valence-corrected chi connectivity index (χ1v) is 9.58. The van der Waals surface area contributed by atoms with Gasteiger partial charge >= 0.3 is 5.76 Å². The van der Waals surface area contributed by atoms with E-state index in [4.69, 9.17) is 8.94 Å². The van der Waals surface area contributed by atoms with Gasteiger partial charge in [0.15, 0.2) is 11.4 Å². The predicted molar refractivity (Wildman–Crippen MR) is 93.7 cm³/mol. The zero-order chi connectivity index (χ0) is 18.5. The molecule has 1 aliphatic rings. The van der Waals surface area contributed by atoms with Crippen molar-refractivity contribution >= 4 is 26.9 Å². The van der Waals surface area contributed by atoms with E-state index in [2.05, 4.69) is 5.16 Å². The van der Waals surface area contributed by atoms with Crippen LogP contribution in [-0.4, -0.2) is 48.6 Å². The number of aryl methyl sites for hydroxylation is 2. The average Bonchev–Trinajstić information content (AvgIpc) is 3.18. The summed E-state index contributed by atoms with van der Waals surface area (Å²) in [6.45, 7) is 3.53. The first-order valence-electron chi connectivity index (χ1n) is 8.14. The molecule has 2 aromatic heterocycles. The second kappa shape index (κ2) is 5.99. The highest BCUT2D eigenvalue weighted by molar-refractivity contribution is 7.89. The highest BCUT2D eigenvalue weighted by Gasteiger charge is 2.30. The van der Waals surface area contributed by atoms with Crippen LogP contribution in [0.2, 0.25) is 0 Å². The third kappa shape index (κ3) is 2.71. The summed E-state index contributed by atoms with van der Waals surface area (Å²) in [5.74, 6) is 0.908. The number of oxazole rings is 1. The van der Waals surface area contributed by atoms with Gasteiger partial charge in [-0.2, -0.15) is 4.31 Å². The molecule has 0 aliphatic carbocycles. The van der Waals surface area contributed by atoms with E-state index in [0.29, 0.717) is 43.3 Å². The molecular formula is C16H18N4O5S. The number of benzene rings is 1. The van der Waals surface area contributed by atoms with Crippen molar-refractivity contribution in [2.45, 2.75) is 11.8 Å². The quantitative estimate of drug-likeness (QED) is 0.668. The molecule has 3 heterocycles. The topological polar surface area (TPSA) is 102 Å². The number of hydrogen-bond acceptors (Lipinski definition) is 7. The maximum absolute atomic E-state index is 12.9. The molecule has 0 radical (unpaired) electrons. The minimum atomic E-state index is -3.67. The normalized spacial score (nSPS) is 16.5. The molecule has 1 aromatic carbocycles. The van der Waals surface area contributed by atoms with Crippen LogP contribution >= 0.6 is 0 Å². The average molecular weight is 378 g/mol. The lowest BCUT2D eigenvalue weighted by Crippen LogP contribution is -2.48. The molecule has 0 spiro atoms. The largest absolute Gasteiger partial charge is 0.419 e. The number of fused-ring (bicyclic) bond motifs is 1. The van der Waals surface area contributed by atoms with Crippen LogP contribution in [0.5, 0.6) is 0 Å². The van der Waals surface area contributed by atoms with Crippen molar-refractivity contribution in [2.24, 2.45) is 7.05 Å². The van der Waals surface area contributed by atoms with Gasteiger partial charge in [-0.25, -0.2) is 13.2 Å². The molecule has 0 atom stereocenters. The molecule has 0 N–H and O–H groups in total. The van der Waals surface area contributed by atoms with Crippen LogP contribution in [0.3, 0.4) is 0 Å². The summed E-state index contributed by atoms with van der Waals surface area (Å²) in [5, 5.41) is 3.97. The molecule has 0 bridgehead atoms. The van der Waals surface area contributed by atoms with E-state index >= 15 is 0 Å². The lowest BCUT2D eigenvalue weighted by atomic mass is 10.3. The number of aromatic nitrogens is 2. The molecule has 9 nitrogen and oxygen atoms in total. The summed E-state index contributed by atoms with van der Waals surface area (Å²) < 4.78 is 38.8. The van der Waals surface area contributed by atoms with Gasteiger partial charge in [-0.3, -0.25) is 4.57 Å². The molecule has 26 heavy (non-hydrogen) atoms. The first kappa shape index (κ1) is 16.9. The Hall–Kier alpha value is -2.59. The Morgan fingerprint density at radius 3 is 2.50 bits per heavy atom. The molecule has 3 aromatic rings. The first-order chi connectivity index (χ1) is 12.4. The van der Waals surface area contributed by atoms with Crippen LogP contribution in [0, 0.1) is 6.92 Å². The Kier molecular flexibility index (Phi) is 3.88. The smallest absolute Gasteiger partial charge is 0.408 e. The van der Waals surface area contributed by atoms with Gasteiger partial charge in [-0.05, 0) is 19.1 Å². The molecule has 0 amide bonds. The van der Waals surface area contributed by atoms with E-state index in [1.165, 1.54) is 21.0 Å². The van der Waals surface area contributed by atoms with Crippen molar-refractivity contribution < 1.29 is 17.4 Å². The van der Waals surface area contributed by atoms with Gasteiger partial charge in [0.1, 0.15) is 5.76 Å². The van der Waals surface area contributed by atoms with Gasteiger partial charge in [0, 0.05) is 45.4 Å². The maximum Gasteiger partial charge on any atom is 0.419 e. The third-order valence-corrected chi connectivity index (χ3v) is 6.47. The van der Waals surface area contributed by atoms with Crippen molar-refractivity contribution in [1.29, 1.82) is 0 Å². The Morgan fingerprint density at radius 2 is 1.85 bits per heavy atom. The fourth-order valence-electron chi connectivity index (χ4n) is 3.08. The summed E-state index contributed by atoms with van der Waals surface area (Å²) in [4.78, 5) is 13.7. The minimum Gasteiger partial charge on any atom is -0.408 e. The van der Waals surface area contributed by atoms with Crippen molar-refractivity contribution in [2.75, 3.05) is 31.1 Å². The van der Waals surface area contributed by atoms with Crippen LogP contribution in [0.25, 0.3) is 11.1 Å². The lowest BCUT2D eigenvalue weighted by molar-refractivity contribution is 0.371. The minimum absolute atomic E-state index is 0.116. The maximum atomic E-state index is 12.9. The predicted octanol–water partition coefficient (Wildman–Crippen LogP) is 0.939. The van der Waals surface area contributed by atoms with Crippen molar-refractivity contribution in [1.82, 2.24) is 14.0 Å². The van der Waals surface area contributed by atoms with Crippen molar-refractivity contribution in [3.05, 3.63) is 40.6 Å². The van der Waals surface area contributed by atoms with E-state index in [1.807, 2.05) is 17.9 Å². The van der Waals surface area contributed by atoms with E-state index < -0.39 is 15.8 Å². The molecule has 1 saturated heterocycles. The van der Waals surface area contributed by atoms with E-state index in [9.17, 15) is 13.2 Å². The van der Waals surface area contributed by atoms with E-state index in [0.717, 1.165) is 0 Å². The molecule has 0 saturated carbocycles. The standard InChI is InChI=1S/C16H18N4O5S/c1-11-9-15(17-25-11)19-5-7-20(8-6-19)26(22,23)12-3-4-13-14(10-12)24-16(21)18(13)2/h3-4,9-10H,5-8H2,1-2H3. The number of sulfonamides is 1. The fraction of sp³-hybridized carbons (Fsp3) is 0.375. The third-order valence-electron chi connectivity index (χ3n) is 4.58. The molecular weight excluding hydrogens is 360 g/mol. The summed E-state index contributed by atoms with van der Waals surface area (Å²) in [7, 11) is -2.09. The van der Waals surface area contributed by atoms with Gasteiger partial charge < -0.3 is 13.8 Å². The van der Waals surface area contributed by atoms with Gasteiger partial charge in [0.25, 0.3) is 0 Å². The van der Waals surface area contributed by atoms with Gasteiger partial charge in [0.2, 0.25) is 10.0 Å².